The smallest absolute Gasteiger partial charge is 0.408 e. The Morgan fingerprint density at radius 1 is 0.485 bits per heavy atom. The molecule has 2 saturated heterocycles. The van der Waals surface area contributed by atoms with E-state index in [1.54, 1.807) is 30.5 Å². The van der Waals surface area contributed by atoms with Crippen LogP contribution in [0.5, 0.6) is 0 Å². The lowest BCUT2D eigenvalue weighted by atomic mass is 10.0. The molecule has 13 N–H and O–H groups in total. The molecule has 0 saturated carbocycles. The van der Waals surface area contributed by atoms with Gasteiger partial charge in [-0.15, -0.1) is 0 Å². The van der Waals surface area contributed by atoms with Gasteiger partial charge in [0.2, 0.25) is 17.7 Å². The minimum Gasteiger partial charge on any atom is -0.445 e. The van der Waals surface area contributed by atoms with E-state index >= 15 is 0 Å². The number of aliphatic hydroxyl groups is 3. The number of amides is 6. The summed E-state index contributed by atoms with van der Waals surface area (Å²) in [6.07, 6.45) is 2.48. The van der Waals surface area contributed by atoms with Crippen LogP contribution in [0.1, 0.15) is 149 Å². The molecule has 2 fully saturated rings. The van der Waals surface area contributed by atoms with Crippen molar-refractivity contribution in [3.8, 4) is 0 Å². The van der Waals surface area contributed by atoms with E-state index in [2.05, 4.69) is 38.8 Å². The van der Waals surface area contributed by atoms with Crippen LogP contribution in [0.15, 0.2) is 152 Å². The average molecular weight is 1940 g/mol. The highest BCUT2D eigenvalue weighted by Gasteiger charge is 2.38. The average Bonchev–Trinajstić information content (AvgIpc) is 0.972. The van der Waals surface area contributed by atoms with Gasteiger partial charge in [0.25, 0.3) is 0 Å². The summed E-state index contributed by atoms with van der Waals surface area (Å²) in [6.45, 7) is 12.9. The van der Waals surface area contributed by atoms with Gasteiger partial charge in [-0.1, -0.05) is 140 Å². The van der Waals surface area contributed by atoms with Crippen LogP contribution in [0.4, 0.5) is 40.7 Å². The van der Waals surface area contributed by atoms with Crippen molar-refractivity contribution in [2.75, 3.05) is 82.2 Å². The lowest BCUT2D eigenvalue weighted by Crippen LogP contribution is -2.55. The van der Waals surface area contributed by atoms with Crippen molar-refractivity contribution in [2.45, 2.75) is 224 Å². The van der Waals surface area contributed by atoms with E-state index in [0.717, 1.165) is 115 Å². The molecule has 30 nitrogen and oxygen atoms in total. The number of nitrogens with zero attached hydrogens (tertiary/aromatic N) is 4. The van der Waals surface area contributed by atoms with Gasteiger partial charge in [-0.2, -0.15) is 4.21 Å². The summed E-state index contributed by atoms with van der Waals surface area (Å²) >= 11 is 2.83. The molecule has 39 heteroatoms. The quantitative estimate of drug-likeness (QED) is 0.00964. The third-order valence-corrected chi connectivity index (χ3v) is 25.3. The van der Waals surface area contributed by atoms with Gasteiger partial charge in [0.1, 0.15) is 71.8 Å². The fraction of sp³-hybridized carbons (Fsp3) is 0.505. The second kappa shape index (κ2) is 59.0. The maximum Gasteiger partial charge on any atom is 0.408 e. The number of hydrogen-bond donors (Lipinski definition) is 10. The highest BCUT2D eigenvalue weighted by molar-refractivity contribution is 7.91. The van der Waals surface area contributed by atoms with Crippen molar-refractivity contribution in [3.63, 3.8) is 0 Å². The molecule has 1 aromatic heterocycles. The molecule has 0 bridgehead atoms. The number of carbonyl (C=O) groups is 6. The Bertz CT molecular complexity index is 4980. The van der Waals surface area contributed by atoms with Gasteiger partial charge in [0, 0.05) is 113 Å². The second-order valence-corrected chi connectivity index (χ2v) is 37.6. The van der Waals surface area contributed by atoms with Crippen LogP contribution in [-0.4, -0.2) is 241 Å². The Morgan fingerprint density at radius 2 is 0.851 bits per heavy atom. The number of ether oxygens (including phenoxy) is 5. The molecule has 6 amide bonds. The van der Waals surface area contributed by atoms with Crippen LogP contribution in [0, 0.1) is 34.9 Å². The maximum absolute atomic E-state index is 14.1. The molecule has 2 aliphatic heterocycles. The highest BCUT2D eigenvalue weighted by atomic mass is 32.2. The number of halogens is 6. The van der Waals surface area contributed by atoms with Gasteiger partial charge >= 0.3 is 18.3 Å². The number of nitrogens with one attached hydrogen (secondary N) is 4. The van der Waals surface area contributed by atoms with Crippen LogP contribution in [-0.2, 0) is 135 Å². The van der Waals surface area contributed by atoms with Gasteiger partial charge in [0.15, 0.2) is 32.2 Å². The molecule has 6 aromatic carbocycles. The van der Waals surface area contributed by atoms with Gasteiger partial charge in [-0.3, -0.25) is 19.4 Å². The zero-order valence-corrected chi connectivity index (χ0v) is 79.0. The maximum atomic E-state index is 14.1. The number of hydrogen-bond acceptors (Lipinski definition) is 25. The summed E-state index contributed by atoms with van der Waals surface area (Å²) < 4.78 is 169. The van der Waals surface area contributed by atoms with E-state index in [1.807, 2.05) is 102 Å². The summed E-state index contributed by atoms with van der Waals surface area (Å²) in [4.78, 5) is 88.3. The number of pyridine rings is 1. The number of aliphatic hydroxyl groups excluding tert-OH is 3. The predicted molar refractivity (Wildman–Crippen MR) is 495 cm³/mol. The van der Waals surface area contributed by atoms with Crippen molar-refractivity contribution < 1.29 is 115 Å². The highest BCUT2D eigenvalue weighted by Crippen LogP contribution is 2.23. The first-order chi connectivity index (χ1) is 63.9. The molecule has 0 aliphatic carbocycles. The lowest BCUT2D eigenvalue weighted by Gasteiger charge is -2.31. The van der Waals surface area contributed by atoms with E-state index < -0.39 is 169 Å². The van der Waals surface area contributed by atoms with Crippen LogP contribution in [0.2, 0.25) is 0 Å². The molecule has 738 valence electrons. The molecule has 3 heterocycles. The first-order valence-corrected chi connectivity index (χ1v) is 48.9. The number of unbranched alkanes of at least 4 members (excludes halogenated alkanes) is 3. The third kappa shape index (κ3) is 41.6. The first-order valence-electron chi connectivity index (χ1n) is 44.9. The number of carbonyl (C=O) groups excluding carboxylic acids is 6. The lowest BCUT2D eigenvalue weighted by molar-refractivity contribution is -0.137. The molecule has 0 spiro atoms. The number of nitrogens with two attached hydrogens (primary N) is 3. The number of aryl methyl sites for hydroxylation is 3. The Morgan fingerprint density at radius 3 is 1.20 bits per heavy atom. The van der Waals surface area contributed by atoms with Crippen LogP contribution in [0.3, 0.4) is 0 Å². The van der Waals surface area contributed by atoms with Crippen molar-refractivity contribution in [1.29, 1.82) is 0 Å². The molecule has 9 rings (SSSR count). The van der Waals surface area contributed by atoms with Crippen LogP contribution in [0.25, 0.3) is 0 Å². The zero-order valence-electron chi connectivity index (χ0n) is 76.6. The summed E-state index contributed by atoms with van der Waals surface area (Å²) in [5.41, 5.74) is 25.3. The van der Waals surface area contributed by atoms with Gasteiger partial charge in [-0.25, -0.2) is 57.6 Å². The van der Waals surface area contributed by atoms with E-state index in [0.29, 0.717) is 76.0 Å². The van der Waals surface area contributed by atoms with Gasteiger partial charge < -0.3 is 92.2 Å². The summed E-state index contributed by atoms with van der Waals surface area (Å²) in [5.74, 6) is -8.33. The normalized spacial score (nSPS) is 15.6. The molecular weight excluding hydrogens is 1810 g/mol. The number of benzene rings is 6. The standard InChI is InChI=1S/C33H42F2N4O6S.C31H44F2N4O6S.C31H43F2N3O6.OS/c1-3-5-12-46(43,44)22-30(38-33(42)45-21-25-10-7-11-37-18-25)32(41)39(19-24-9-6-8-23(4-2)13-24)20-31(40)29(36)16-26-14-27(34)17-28(35)15-26;1-3-5-11-44(41,42)20-28(36-31(40)43-26-9-10-35-17-26)30(39)37(18-22-8-6-7-21(4-2)12-22)19-29(38)27(34)15-23-13-24(32)16-25(33)14-23;1-3-5-10-40-20-28(35-31(39)42-26-9-11-41-19-26)30(38)36(17-22-8-6-7-21(4-2)12-22)18-29(37)27(34)15-23-13-24(32)16-25(33)14-23;1-2/h6-11,13-15,17-18,29-31,40H,3-5,12,16,19-22,36H2,1-2H3,(H,38,42);6-8,12-14,16,26-29,35,38H,3-5,9-11,15,17-20,34H2,1-2H3,(H,36,40);6-8,12-14,16,26-29,37H,3-5,9-11,15,17-20,34H2,1-2H3,(H,35,39);/t29-,30+,31+;26-,27+,28-,29-;26-,27-,28+,29+;/m010./s1. The van der Waals surface area contributed by atoms with Gasteiger partial charge in [0.05, 0.1) is 61.1 Å². The third-order valence-electron chi connectivity index (χ3n) is 21.8. The fourth-order valence-electron chi connectivity index (χ4n) is 14.5. The SMILES string of the molecule is CCCCOC[C@@H](NC(=O)O[C@H]1CCOC1)C(=O)N(Cc1cccc(CC)c1)C[C@@H](O)[C@@H](N)Cc1cc(F)cc(F)c1.CCCCS(=O)(=O)C[C@@H](NC(=O)OCc1cccnc1)C(=O)N(Cc1cccc(CC)c1)C[C@@H](O)[C@@H](N)Cc1cc(F)cc(F)c1.CCCCS(=O)(=O)C[C@@H](NC(=O)O[C@@H]1CCNC1)C(=O)N(Cc1cccc(CC)c1)C[C@@H](O)[C@@H](N)Cc1cc(F)cc(F)c1.O=S. The molecule has 0 radical (unpaired) electrons. The molecule has 7 aromatic rings. The van der Waals surface area contributed by atoms with E-state index in [1.165, 1.54) is 20.9 Å². The topological polar surface area (TPSA) is 443 Å². The number of sulfone groups is 2. The minimum absolute atomic E-state index is 0.0131. The van der Waals surface area contributed by atoms with Gasteiger partial charge in [-0.05, 0) is 163 Å². The molecule has 2 aliphatic rings. The summed E-state index contributed by atoms with van der Waals surface area (Å²) in [5, 5.41) is 43.8. The Hall–Kier alpha value is -10.2. The van der Waals surface area contributed by atoms with Crippen LogP contribution >= 0.6 is 0 Å². The first kappa shape index (κ1) is 113. The monoisotopic (exact) mass is 1940 g/mol. The van der Waals surface area contributed by atoms with E-state index in [-0.39, 0.29) is 107 Å². The Balaban J connectivity index is 0.000000306. The predicted octanol–water partition coefficient (Wildman–Crippen LogP) is 9.30. The molecule has 134 heavy (non-hydrogen) atoms. The minimum atomic E-state index is -3.80. The van der Waals surface area contributed by atoms with Crippen molar-refractivity contribution >= 4 is 68.2 Å². The van der Waals surface area contributed by atoms with Crippen molar-refractivity contribution in [3.05, 3.63) is 242 Å². The zero-order chi connectivity index (χ0) is 98.5. The number of aromatic nitrogens is 1. The Labute approximate surface area is 786 Å². The molecule has 11 atom stereocenters. The molecular formula is C95H129F6N11O19S3. The van der Waals surface area contributed by atoms with Crippen LogP contribution < -0.4 is 38.5 Å². The second-order valence-electron chi connectivity index (χ2n) is 33.1. The van der Waals surface area contributed by atoms with Crippen molar-refractivity contribution in [1.82, 2.24) is 41.0 Å². The largest absolute Gasteiger partial charge is 0.445 e. The summed E-state index contributed by atoms with van der Waals surface area (Å²) in [7, 11) is -7.56. The Kier molecular flexibility index (Phi) is 49.5. The molecule has 0 unspecified atom stereocenters. The number of rotatable bonds is 49. The van der Waals surface area contributed by atoms with Crippen molar-refractivity contribution in [2.24, 2.45) is 17.2 Å². The van der Waals surface area contributed by atoms with E-state index in [4.69, 9.17) is 45.1 Å². The fourth-order valence-corrected chi connectivity index (χ4v) is 17.8. The summed E-state index contributed by atoms with van der Waals surface area (Å²) in [6, 6.07) is 27.7. The van der Waals surface area contributed by atoms with E-state index in [9.17, 15) is 87.3 Å². The number of alkyl carbamates (subject to hydrolysis) is 3.